The number of rotatable bonds is 8. The van der Waals surface area contributed by atoms with Gasteiger partial charge in [0.2, 0.25) is 0 Å². The average Bonchev–Trinajstić information content (AvgIpc) is 3.35. The molecule has 2 heterocycles. The monoisotopic (exact) mass is 448 g/mol. The van der Waals surface area contributed by atoms with Gasteiger partial charge in [0, 0.05) is 37.3 Å². The molecular weight excluding hydrogens is 412 g/mol. The van der Waals surface area contributed by atoms with Crippen LogP contribution in [0.15, 0.2) is 42.0 Å². The molecule has 0 radical (unpaired) electrons. The summed E-state index contributed by atoms with van der Waals surface area (Å²) in [7, 11) is 1.75. The lowest BCUT2D eigenvalue weighted by Gasteiger charge is -2.36. The highest BCUT2D eigenvalue weighted by Gasteiger charge is 2.26. The third-order valence-electron chi connectivity index (χ3n) is 7.33. The Morgan fingerprint density at radius 1 is 0.939 bits per heavy atom. The maximum atomic E-state index is 6.17. The first-order valence-corrected chi connectivity index (χ1v) is 12.5. The minimum atomic E-state index is 0.759. The molecule has 176 valence electrons. The van der Waals surface area contributed by atoms with Gasteiger partial charge in [-0.15, -0.1) is 0 Å². The highest BCUT2D eigenvalue weighted by Crippen LogP contribution is 2.45. The average molecular weight is 449 g/mol. The predicted molar refractivity (Wildman–Crippen MR) is 134 cm³/mol. The smallest absolute Gasteiger partial charge is 0.142 e. The molecule has 2 aromatic carbocycles. The molecule has 2 aliphatic heterocycles. The summed E-state index contributed by atoms with van der Waals surface area (Å²) in [6, 6.07) is 12.7. The first kappa shape index (κ1) is 22.1. The van der Waals surface area contributed by atoms with E-state index in [0.717, 1.165) is 81.6 Å². The van der Waals surface area contributed by atoms with Crippen LogP contribution in [-0.2, 0) is 0 Å². The van der Waals surface area contributed by atoms with E-state index in [-0.39, 0.29) is 0 Å². The van der Waals surface area contributed by atoms with Crippen LogP contribution in [0, 0.1) is 6.92 Å². The van der Waals surface area contributed by atoms with E-state index in [0.29, 0.717) is 0 Å². The summed E-state index contributed by atoms with van der Waals surface area (Å²) in [5.74, 6) is 2.98. The van der Waals surface area contributed by atoms with E-state index in [1.54, 1.807) is 7.11 Å². The highest BCUT2D eigenvalue weighted by atomic mass is 16.5. The van der Waals surface area contributed by atoms with Crippen molar-refractivity contribution in [1.82, 2.24) is 4.90 Å². The van der Waals surface area contributed by atoms with Crippen LogP contribution >= 0.6 is 0 Å². The second kappa shape index (κ2) is 10.1. The molecule has 5 heteroatoms. The number of methoxy groups -OCH3 is 1. The number of anilines is 1. The summed E-state index contributed by atoms with van der Waals surface area (Å²) < 4.78 is 17.8. The first-order chi connectivity index (χ1) is 16.2. The van der Waals surface area contributed by atoms with Crippen LogP contribution in [0.5, 0.6) is 17.2 Å². The maximum absolute atomic E-state index is 6.17. The number of unbranched alkanes of at least 4 members (excludes halogenated alkanes) is 1. The minimum absolute atomic E-state index is 0.759. The van der Waals surface area contributed by atoms with Crippen molar-refractivity contribution in [2.24, 2.45) is 0 Å². The number of allylic oxidation sites excluding steroid dienone is 1. The van der Waals surface area contributed by atoms with Crippen molar-refractivity contribution in [3.63, 3.8) is 0 Å². The molecule has 0 atom stereocenters. The molecule has 1 aliphatic carbocycles. The van der Waals surface area contributed by atoms with Crippen molar-refractivity contribution in [2.45, 2.75) is 39.0 Å². The Morgan fingerprint density at radius 3 is 2.64 bits per heavy atom. The number of hydrogen-bond donors (Lipinski definition) is 0. The Hall–Kier alpha value is -2.66. The Balaban J connectivity index is 1.05. The lowest BCUT2D eigenvalue weighted by atomic mass is 9.96. The molecule has 1 saturated heterocycles. The number of hydrogen-bond acceptors (Lipinski definition) is 5. The van der Waals surface area contributed by atoms with Crippen molar-refractivity contribution in [1.29, 1.82) is 0 Å². The number of benzene rings is 2. The number of nitrogens with zero attached hydrogens (tertiary/aromatic N) is 2. The highest BCUT2D eigenvalue weighted by molar-refractivity contribution is 5.78. The summed E-state index contributed by atoms with van der Waals surface area (Å²) >= 11 is 0. The summed E-state index contributed by atoms with van der Waals surface area (Å²) in [6.07, 6.45) is 5.88. The van der Waals surface area contributed by atoms with Gasteiger partial charge >= 0.3 is 0 Å². The van der Waals surface area contributed by atoms with E-state index in [9.17, 15) is 0 Å². The molecule has 0 saturated carbocycles. The standard InChI is InChI=1S/C28H36N2O3/c1-21-26(13-12-24-23-9-7-8-22(23)20-33-28(21)24)32-19-6-5-14-29-15-17-30(18-16-29)25-10-3-4-11-27(25)31-2/h3-4,10-13H,5-9,14-20H2,1-2H3. The quantitative estimate of drug-likeness (QED) is 0.511. The summed E-state index contributed by atoms with van der Waals surface area (Å²) in [5, 5.41) is 0. The minimum Gasteiger partial charge on any atom is -0.495 e. The topological polar surface area (TPSA) is 34.2 Å². The lowest BCUT2D eigenvalue weighted by Crippen LogP contribution is -2.46. The number of fused-ring (bicyclic) bond motifs is 2. The van der Waals surface area contributed by atoms with Crippen molar-refractivity contribution < 1.29 is 14.2 Å². The van der Waals surface area contributed by atoms with Crippen molar-refractivity contribution >= 4 is 11.3 Å². The van der Waals surface area contributed by atoms with E-state index in [2.05, 4.69) is 41.0 Å². The number of para-hydroxylation sites is 2. The molecule has 0 aromatic heterocycles. The van der Waals surface area contributed by atoms with Crippen LogP contribution in [-0.4, -0.2) is 57.9 Å². The van der Waals surface area contributed by atoms with E-state index < -0.39 is 0 Å². The molecule has 2 aromatic rings. The molecule has 0 N–H and O–H groups in total. The van der Waals surface area contributed by atoms with Gasteiger partial charge in [-0.3, -0.25) is 4.90 Å². The summed E-state index contributed by atoms with van der Waals surface area (Å²) in [5.41, 5.74) is 6.68. The summed E-state index contributed by atoms with van der Waals surface area (Å²) in [4.78, 5) is 5.00. The van der Waals surface area contributed by atoms with Crippen molar-refractivity contribution in [3.8, 4) is 17.2 Å². The number of ether oxygens (including phenoxy) is 3. The Bertz CT molecular complexity index is 1010. The van der Waals surface area contributed by atoms with Gasteiger partial charge in [0.05, 0.1) is 19.4 Å². The van der Waals surface area contributed by atoms with Gasteiger partial charge < -0.3 is 19.1 Å². The zero-order chi connectivity index (χ0) is 22.6. The normalized spacial score (nSPS) is 18.1. The van der Waals surface area contributed by atoms with Crippen LogP contribution in [0.4, 0.5) is 5.69 Å². The van der Waals surface area contributed by atoms with Crippen LogP contribution in [0.25, 0.3) is 5.57 Å². The molecule has 0 unspecified atom stereocenters. The van der Waals surface area contributed by atoms with Gasteiger partial charge in [0.1, 0.15) is 23.9 Å². The van der Waals surface area contributed by atoms with Gasteiger partial charge in [-0.25, -0.2) is 0 Å². The Morgan fingerprint density at radius 2 is 1.79 bits per heavy atom. The molecule has 5 rings (SSSR count). The fourth-order valence-corrected chi connectivity index (χ4v) is 5.43. The third kappa shape index (κ3) is 4.70. The summed E-state index contributed by atoms with van der Waals surface area (Å²) in [6.45, 7) is 9.07. The van der Waals surface area contributed by atoms with E-state index >= 15 is 0 Å². The zero-order valence-corrected chi connectivity index (χ0v) is 20.1. The second-order valence-corrected chi connectivity index (χ2v) is 9.35. The molecule has 1 fully saturated rings. The predicted octanol–water partition coefficient (Wildman–Crippen LogP) is 5.31. The fourth-order valence-electron chi connectivity index (χ4n) is 5.43. The van der Waals surface area contributed by atoms with Crippen LogP contribution < -0.4 is 19.1 Å². The van der Waals surface area contributed by atoms with Crippen LogP contribution in [0.3, 0.4) is 0 Å². The molecular formula is C28H36N2O3. The van der Waals surface area contributed by atoms with E-state index in [1.165, 1.54) is 41.7 Å². The third-order valence-corrected chi connectivity index (χ3v) is 7.33. The SMILES string of the molecule is COc1ccccc1N1CCN(CCCCOc2ccc3c(c2C)OCC2=C3CCC2)CC1. The Labute approximate surface area is 197 Å². The molecule has 3 aliphatic rings. The van der Waals surface area contributed by atoms with Gasteiger partial charge in [-0.2, -0.15) is 0 Å². The lowest BCUT2D eigenvalue weighted by molar-refractivity contribution is 0.237. The molecule has 0 bridgehead atoms. The molecule has 0 amide bonds. The number of piperazine rings is 1. The zero-order valence-electron chi connectivity index (χ0n) is 20.1. The van der Waals surface area contributed by atoms with Gasteiger partial charge in [-0.05, 0) is 81.0 Å². The van der Waals surface area contributed by atoms with Crippen molar-refractivity contribution in [3.05, 3.63) is 53.1 Å². The van der Waals surface area contributed by atoms with Crippen LogP contribution in [0.2, 0.25) is 0 Å². The first-order valence-electron chi connectivity index (χ1n) is 12.5. The molecule has 5 nitrogen and oxygen atoms in total. The second-order valence-electron chi connectivity index (χ2n) is 9.35. The van der Waals surface area contributed by atoms with Gasteiger partial charge in [-0.1, -0.05) is 12.1 Å². The molecule has 0 spiro atoms. The van der Waals surface area contributed by atoms with E-state index in [1.807, 2.05) is 12.1 Å². The van der Waals surface area contributed by atoms with Gasteiger partial charge in [0.15, 0.2) is 0 Å². The maximum Gasteiger partial charge on any atom is 0.142 e. The van der Waals surface area contributed by atoms with E-state index in [4.69, 9.17) is 14.2 Å². The largest absolute Gasteiger partial charge is 0.495 e. The Kier molecular flexibility index (Phi) is 6.77. The fraction of sp³-hybridized carbons (Fsp3) is 0.500. The molecule has 33 heavy (non-hydrogen) atoms. The van der Waals surface area contributed by atoms with Crippen molar-refractivity contribution in [2.75, 3.05) is 57.9 Å². The van der Waals surface area contributed by atoms with Crippen LogP contribution in [0.1, 0.15) is 43.2 Å². The van der Waals surface area contributed by atoms with Gasteiger partial charge in [0.25, 0.3) is 0 Å².